The molecule has 0 aliphatic heterocycles. The van der Waals surface area contributed by atoms with Crippen LogP contribution in [0.5, 0.6) is 0 Å². The van der Waals surface area contributed by atoms with Gasteiger partial charge in [0.1, 0.15) is 13.2 Å². The molecule has 4 heteroatoms. The molecule has 1 aliphatic rings. The van der Waals surface area contributed by atoms with Crippen molar-refractivity contribution in [2.45, 2.75) is 45.4 Å². The first-order valence-corrected chi connectivity index (χ1v) is 6.06. The summed E-state index contributed by atoms with van der Waals surface area (Å²) in [5.41, 5.74) is 0. The Morgan fingerprint density at radius 1 is 1.06 bits per heavy atom. The summed E-state index contributed by atoms with van der Waals surface area (Å²) < 4.78 is 9.87. The Morgan fingerprint density at radius 2 is 1.69 bits per heavy atom. The number of hydrogen-bond donors (Lipinski definition) is 0. The van der Waals surface area contributed by atoms with Gasteiger partial charge in [-0.1, -0.05) is 26.2 Å². The zero-order valence-corrected chi connectivity index (χ0v) is 9.87. The van der Waals surface area contributed by atoms with E-state index in [0.29, 0.717) is 6.42 Å². The highest BCUT2D eigenvalue weighted by Gasteiger charge is 2.22. The van der Waals surface area contributed by atoms with E-state index >= 15 is 0 Å². The summed E-state index contributed by atoms with van der Waals surface area (Å²) in [6, 6.07) is 0. The second-order valence-corrected chi connectivity index (χ2v) is 4.08. The maximum Gasteiger partial charge on any atom is 0.309 e. The van der Waals surface area contributed by atoms with E-state index in [1.165, 1.54) is 6.42 Å². The Balaban J connectivity index is 2.07. The number of esters is 2. The lowest BCUT2D eigenvalue weighted by molar-refractivity contribution is -0.155. The minimum atomic E-state index is -0.256. The topological polar surface area (TPSA) is 52.6 Å². The molecule has 0 saturated heterocycles. The van der Waals surface area contributed by atoms with Crippen LogP contribution < -0.4 is 0 Å². The van der Waals surface area contributed by atoms with Gasteiger partial charge in [-0.05, 0) is 12.8 Å². The minimum Gasteiger partial charge on any atom is -0.462 e. The van der Waals surface area contributed by atoms with E-state index in [1.54, 1.807) is 6.92 Å². The molecule has 16 heavy (non-hydrogen) atoms. The molecule has 1 rings (SSSR count). The van der Waals surface area contributed by atoms with E-state index in [9.17, 15) is 9.59 Å². The van der Waals surface area contributed by atoms with Crippen molar-refractivity contribution in [2.75, 3.05) is 13.2 Å². The third-order valence-electron chi connectivity index (χ3n) is 2.82. The average molecular weight is 228 g/mol. The normalized spacial score (nSPS) is 16.8. The molecule has 0 aromatic rings. The quantitative estimate of drug-likeness (QED) is 0.534. The summed E-state index contributed by atoms with van der Waals surface area (Å²) in [5, 5.41) is 0. The van der Waals surface area contributed by atoms with E-state index in [0.717, 1.165) is 25.7 Å². The lowest BCUT2D eigenvalue weighted by Crippen LogP contribution is -2.22. The molecule has 0 spiro atoms. The maximum atomic E-state index is 11.5. The smallest absolute Gasteiger partial charge is 0.309 e. The van der Waals surface area contributed by atoms with E-state index in [-0.39, 0.29) is 31.1 Å². The molecule has 1 fully saturated rings. The summed E-state index contributed by atoms with van der Waals surface area (Å²) in [4.78, 5) is 22.3. The SMILES string of the molecule is CCC(=O)OCCOC(=O)C1CCCCC1. The molecule has 4 nitrogen and oxygen atoms in total. The summed E-state index contributed by atoms with van der Waals surface area (Å²) in [6.45, 7) is 2.09. The van der Waals surface area contributed by atoms with Crippen molar-refractivity contribution in [3.8, 4) is 0 Å². The molecule has 0 radical (unpaired) electrons. The number of ether oxygens (including phenoxy) is 2. The van der Waals surface area contributed by atoms with Gasteiger partial charge < -0.3 is 9.47 Å². The Bertz CT molecular complexity index is 231. The van der Waals surface area contributed by atoms with Crippen molar-refractivity contribution in [1.29, 1.82) is 0 Å². The van der Waals surface area contributed by atoms with Gasteiger partial charge in [0, 0.05) is 6.42 Å². The Morgan fingerprint density at radius 3 is 2.31 bits per heavy atom. The first-order chi connectivity index (χ1) is 7.74. The van der Waals surface area contributed by atoms with Gasteiger partial charge in [-0.15, -0.1) is 0 Å². The molecule has 1 saturated carbocycles. The molecule has 0 heterocycles. The van der Waals surface area contributed by atoms with Crippen LogP contribution in [0.25, 0.3) is 0 Å². The monoisotopic (exact) mass is 228 g/mol. The second-order valence-electron chi connectivity index (χ2n) is 4.08. The lowest BCUT2D eigenvalue weighted by Gasteiger charge is -2.19. The van der Waals surface area contributed by atoms with Gasteiger partial charge >= 0.3 is 11.9 Å². The summed E-state index contributed by atoms with van der Waals surface area (Å²) in [7, 11) is 0. The zero-order valence-electron chi connectivity index (χ0n) is 9.87. The Labute approximate surface area is 96.3 Å². The highest BCUT2D eigenvalue weighted by atomic mass is 16.6. The van der Waals surface area contributed by atoms with Crippen molar-refractivity contribution >= 4 is 11.9 Å². The van der Waals surface area contributed by atoms with E-state index in [2.05, 4.69) is 0 Å². The molecule has 0 amide bonds. The van der Waals surface area contributed by atoms with Crippen LogP contribution in [-0.2, 0) is 19.1 Å². The van der Waals surface area contributed by atoms with E-state index < -0.39 is 0 Å². The summed E-state index contributed by atoms with van der Waals surface area (Å²) in [6.07, 6.45) is 5.69. The number of carbonyl (C=O) groups excluding carboxylic acids is 2. The van der Waals surface area contributed by atoms with Crippen molar-refractivity contribution < 1.29 is 19.1 Å². The van der Waals surface area contributed by atoms with Crippen LogP contribution in [-0.4, -0.2) is 25.2 Å². The summed E-state index contributed by atoms with van der Waals surface area (Å²) in [5.74, 6) is -0.323. The zero-order chi connectivity index (χ0) is 11.8. The lowest BCUT2D eigenvalue weighted by atomic mass is 9.89. The van der Waals surface area contributed by atoms with E-state index in [4.69, 9.17) is 9.47 Å². The maximum absolute atomic E-state index is 11.5. The van der Waals surface area contributed by atoms with Gasteiger partial charge in [0.2, 0.25) is 0 Å². The van der Waals surface area contributed by atoms with Gasteiger partial charge in [-0.2, -0.15) is 0 Å². The standard InChI is InChI=1S/C12H20O4/c1-2-11(13)15-8-9-16-12(14)10-6-4-3-5-7-10/h10H,2-9H2,1H3. The fourth-order valence-electron chi connectivity index (χ4n) is 1.86. The van der Waals surface area contributed by atoms with Crippen LogP contribution in [0.3, 0.4) is 0 Å². The predicted octanol–water partition coefficient (Wildman–Crippen LogP) is 2.06. The Kier molecular flexibility index (Phi) is 5.90. The molecule has 0 unspecified atom stereocenters. The highest BCUT2D eigenvalue weighted by molar-refractivity contribution is 5.72. The molecule has 0 aromatic carbocycles. The molecular formula is C12H20O4. The van der Waals surface area contributed by atoms with Crippen molar-refractivity contribution in [2.24, 2.45) is 5.92 Å². The molecule has 92 valence electrons. The van der Waals surface area contributed by atoms with Gasteiger partial charge in [-0.3, -0.25) is 9.59 Å². The molecular weight excluding hydrogens is 208 g/mol. The van der Waals surface area contributed by atoms with Crippen LogP contribution in [0.4, 0.5) is 0 Å². The van der Waals surface area contributed by atoms with Crippen LogP contribution in [0.2, 0.25) is 0 Å². The van der Waals surface area contributed by atoms with Crippen LogP contribution in [0.1, 0.15) is 45.4 Å². The largest absolute Gasteiger partial charge is 0.462 e. The van der Waals surface area contributed by atoms with Crippen LogP contribution in [0.15, 0.2) is 0 Å². The van der Waals surface area contributed by atoms with Crippen LogP contribution in [0, 0.1) is 5.92 Å². The predicted molar refractivity (Wildman–Crippen MR) is 58.8 cm³/mol. The molecule has 1 aliphatic carbocycles. The van der Waals surface area contributed by atoms with Gasteiger partial charge in [-0.25, -0.2) is 0 Å². The van der Waals surface area contributed by atoms with Gasteiger partial charge in [0.15, 0.2) is 0 Å². The third-order valence-corrected chi connectivity index (χ3v) is 2.82. The van der Waals surface area contributed by atoms with Gasteiger partial charge in [0.25, 0.3) is 0 Å². The van der Waals surface area contributed by atoms with Crippen LogP contribution >= 0.6 is 0 Å². The molecule has 0 aromatic heterocycles. The Hall–Kier alpha value is -1.06. The van der Waals surface area contributed by atoms with E-state index in [1.807, 2.05) is 0 Å². The van der Waals surface area contributed by atoms with Gasteiger partial charge in [0.05, 0.1) is 5.92 Å². The van der Waals surface area contributed by atoms with Crippen molar-refractivity contribution in [3.05, 3.63) is 0 Å². The van der Waals surface area contributed by atoms with Crippen molar-refractivity contribution in [1.82, 2.24) is 0 Å². The highest BCUT2D eigenvalue weighted by Crippen LogP contribution is 2.24. The fraction of sp³-hybridized carbons (Fsp3) is 0.833. The number of rotatable bonds is 5. The second kappa shape index (κ2) is 7.25. The fourth-order valence-corrected chi connectivity index (χ4v) is 1.86. The molecule has 0 atom stereocenters. The average Bonchev–Trinajstić information content (AvgIpc) is 2.35. The summed E-state index contributed by atoms with van der Waals surface area (Å²) >= 11 is 0. The van der Waals surface area contributed by atoms with Crippen molar-refractivity contribution in [3.63, 3.8) is 0 Å². The first-order valence-electron chi connectivity index (χ1n) is 6.06. The molecule has 0 bridgehead atoms. The third kappa shape index (κ3) is 4.64. The first kappa shape index (κ1) is 13.0. The number of carbonyl (C=O) groups is 2. The molecule has 0 N–H and O–H groups in total. The minimum absolute atomic E-state index is 0.0654. The number of hydrogen-bond acceptors (Lipinski definition) is 4.